The lowest BCUT2D eigenvalue weighted by molar-refractivity contribution is -0.133. The second-order valence-electron chi connectivity index (χ2n) is 8.14. The zero-order valence-electron chi connectivity index (χ0n) is 20.1. The van der Waals surface area contributed by atoms with Crippen molar-refractivity contribution in [1.82, 2.24) is 5.32 Å². The van der Waals surface area contributed by atoms with Crippen molar-refractivity contribution in [1.29, 1.82) is 0 Å². The van der Waals surface area contributed by atoms with Crippen LogP contribution in [0.4, 0.5) is 18.0 Å². The van der Waals surface area contributed by atoms with Crippen molar-refractivity contribution in [3.63, 3.8) is 0 Å². The smallest absolute Gasteiger partial charge is 0.410 e. The number of Topliss-reactive ketones (excluding diaryl/α,β-unsaturated/α-hetero) is 1. The van der Waals surface area contributed by atoms with E-state index in [0.29, 0.717) is 22.6 Å². The number of carbonyl (C=O) groups is 2. The van der Waals surface area contributed by atoms with Gasteiger partial charge in [0.05, 0.1) is 7.11 Å². The molecule has 2 heterocycles. The fourth-order valence-corrected chi connectivity index (χ4v) is 4.09. The molecule has 0 aliphatic heterocycles. The molecule has 2 N–H and O–H groups in total. The van der Waals surface area contributed by atoms with Crippen LogP contribution in [0.3, 0.4) is 0 Å². The van der Waals surface area contributed by atoms with Crippen LogP contribution in [0.15, 0.2) is 45.8 Å². The summed E-state index contributed by atoms with van der Waals surface area (Å²) in [4.78, 5) is 37.5. The highest BCUT2D eigenvalue weighted by atomic mass is 32.1. The minimum atomic E-state index is -4.22. The Morgan fingerprint density at radius 2 is 2.00 bits per heavy atom. The summed E-state index contributed by atoms with van der Waals surface area (Å²) in [5.74, 6) is -1.93. The fraction of sp³-hybridized carbons (Fsp3) is 0.400. The third-order valence-corrected chi connectivity index (χ3v) is 6.36. The largest absolute Gasteiger partial charge is 0.507 e. The van der Waals surface area contributed by atoms with E-state index in [4.69, 9.17) is 4.42 Å². The van der Waals surface area contributed by atoms with Crippen LogP contribution in [0, 0.1) is 5.92 Å². The molecular weight excluding hydrogens is 499 g/mol. The predicted octanol–water partition coefficient (Wildman–Crippen LogP) is 6.19. The molecule has 0 spiro atoms. The zero-order chi connectivity index (χ0) is 26.9. The van der Waals surface area contributed by atoms with Gasteiger partial charge in [-0.15, -0.1) is 11.3 Å². The van der Waals surface area contributed by atoms with Crippen molar-refractivity contribution >= 4 is 29.3 Å². The molecule has 0 radical (unpaired) electrons. The number of amides is 1. The summed E-state index contributed by atoms with van der Waals surface area (Å²) >= 11 is 1.19. The molecule has 0 aromatic carbocycles. The molecule has 0 saturated carbocycles. The van der Waals surface area contributed by atoms with Crippen LogP contribution in [-0.4, -0.2) is 30.3 Å². The van der Waals surface area contributed by atoms with E-state index in [1.165, 1.54) is 36.8 Å². The number of carbonyl (C=O) groups excluding carboxylic acids is 2. The first-order valence-electron chi connectivity index (χ1n) is 11.2. The number of ether oxygens (including phenoxy) is 1. The van der Waals surface area contributed by atoms with Crippen LogP contribution < -0.4 is 10.9 Å². The van der Waals surface area contributed by atoms with Gasteiger partial charge in [-0.05, 0) is 37.5 Å². The van der Waals surface area contributed by atoms with Crippen LogP contribution in [0.1, 0.15) is 64.9 Å². The van der Waals surface area contributed by atoms with Gasteiger partial charge in [0.1, 0.15) is 17.1 Å². The number of halogens is 3. The number of hydrogen-bond acceptors (Lipinski definition) is 7. The third-order valence-electron chi connectivity index (χ3n) is 5.25. The molecule has 11 heteroatoms. The Balaban J connectivity index is 2.01. The van der Waals surface area contributed by atoms with Gasteiger partial charge < -0.3 is 14.3 Å². The van der Waals surface area contributed by atoms with Crippen molar-refractivity contribution in [2.75, 3.05) is 7.11 Å². The van der Waals surface area contributed by atoms with E-state index in [9.17, 15) is 32.7 Å². The lowest BCUT2D eigenvalue weighted by Crippen LogP contribution is -2.20. The summed E-state index contributed by atoms with van der Waals surface area (Å²) < 4.78 is 46.9. The zero-order valence-corrected chi connectivity index (χ0v) is 20.9. The minimum Gasteiger partial charge on any atom is -0.507 e. The molecule has 7 nitrogen and oxygen atoms in total. The molecular formula is C25H28F3NO6S. The van der Waals surface area contributed by atoms with Crippen molar-refractivity contribution in [2.45, 2.75) is 51.6 Å². The van der Waals surface area contributed by atoms with Gasteiger partial charge in [0, 0.05) is 40.3 Å². The second-order valence-corrected chi connectivity index (χ2v) is 9.34. The van der Waals surface area contributed by atoms with Crippen molar-refractivity contribution in [2.24, 2.45) is 5.92 Å². The molecule has 1 amide bonds. The van der Waals surface area contributed by atoms with Gasteiger partial charge >= 0.3 is 17.9 Å². The summed E-state index contributed by atoms with van der Waals surface area (Å²) in [7, 11) is 1.25. The van der Waals surface area contributed by atoms with Gasteiger partial charge in [-0.3, -0.25) is 10.1 Å². The summed E-state index contributed by atoms with van der Waals surface area (Å²) in [5.41, 5.74) is -1.40. The molecule has 0 aliphatic rings. The Kier molecular flexibility index (Phi) is 10.5. The average molecular weight is 528 g/mol. The summed E-state index contributed by atoms with van der Waals surface area (Å²) in [6, 6.07) is 4.51. The molecule has 2 atom stereocenters. The standard InChI is InChI=1S/C25H28F3NO6S/c1-15(6-4-5-13-29-24(33)34-3)20-14-19(30)21(23(32)35-20)22(31)16(2)7-8-17-9-10-18(36-17)11-12-25(26,27)28/h5,7-10,13-16,30H,4,6,11-12H2,1-3H3,(H,29,33)/b8-7+,13-5+. The monoisotopic (exact) mass is 527 g/mol. The van der Waals surface area contributed by atoms with Gasteiger partial charge in [0.2, 0.25) is 0 Å². The number of rotatable bonds is 11. The molecule has 36 heavy (non-hydrogen) atoms. The van der Waals surface area contributed by atoms with Crippen LogP contribution in [0.2, 0.25) is 0 Å². The topological polar surface area (TPSA) is 106 Å². The van der Waals surface area contributed by atoms with Crippen molar-refractivity contribution < 1.29 is 37.0 Å². The molecule has 2 unspecified atom stereocenters. The number of nitrogens with one attached hydrogen (secondary N) is 1. The highest BCUT2D eigenvalue weighted by molar-refractivity contribution is 7.12. The summed E-state index contributed by atoms with van der Waals surface area (Å²) in [5, 5.41) is 12.8. The third kappa shape index (κ3) is 9.03. The maximum atomic E-state index is 12.8. The Morgan fingerprint density at radius 1 is 1.28 bits per heavy atom. The number of ketones is 1. The van der Waals surface area contributed by atoms with Gasteiger partial charge in [-0.25, -0.2) is 9.59 Å². The molecule has 0 bridgehead atoms. The number of alkyl carbamates (subject to hydrolysis) is 1. The van der Waals surface area contributed by atoms with E-state index >= 15 is 0 Å². The summed E-state index contributed by atoms with van der Waals surface area (Å²) in [6.45, 7) is 3.33. The molecule has 0 fully saturated rings. The molecule has 0 aliphatic carbocycles. The highest BCUT2D eigenvalue weighted by Crippen LogP contribution is 2.28. The van der Waals surface area contributed by atoms with Crippen LogP contribution in [0.25, 0.3) is 6.08 Å². The number of alkyl halides is 3. The Hall–Kier alpha value is -3.34. The molecule has 0 saturated heterocycles. The second kappa shape index (κ2) is 13.1. The van der Waals surface area contributed by atoms with Gasteiger partial charge in [-0.1, -0.05) is 26.0 Å². The molecule has 2 rings (SSSR count). The first-order chi connectivity index (χ1) is 16.9. The number of hydrogen-bond donors (Lipinski definition) is 2. The van der Waals surface area contributed by atoms with E-state index in [0.717, 1.165) is 0 Å². The van der Waals surface area contributed by atoms with E-state index < -0.39 is 47.3 Å². The van der Waals surface area contributed by atoms with E-state index in [-0.39, 0.29) is 18.1 Å². The van der Waals surface area contributed by atoms with E-state index in [1.807, 2.05) is 0 Å². The van der Waals surface area contributed by atoms with Crippen LogP contribution >= 0.6 is 11.3 Å². The van der Waals surface area contributed by atoms with E-state index in [2.05, 4.69) is 10.1 Å². The number of methoxy groups -OCH3 is 1. The maximum Gasteiger partial charge on any atom is 0.410 e. The Morgan fingerprint density at radius 3 is 2.64 bits per heavy atom. The quantitative estimate of drug-likeness (QED) is 0.338. The van der Waals surface area contributed by atoms with Crippen LogP contribution in [0.5, 0.6) is 5.75 Å². The predicted molar refractivity (Wildman–Crippen MR) is 130 cm³/mol. The highest BCUT2D eigenvalue weighted by Gasteiger charge is 2.27. The first-order valence-corrected chi connectivity index (χ1v) is 12.0. The Labute approximate surface area is 210 Å². The fourth-order valence-electron chi connectivity index (χ4n) is 3.16. The maximum absolute atomic E-state index is 12.8. The SMILES string of the molecule is COC(=O)N/C=C/CCC(C)c1cc(O)c(C(=O)C(C)/C=C/c2ccc(CCC(F)(F)F)s2)c(=O)o1. The van der Waals surface area contributed by atoms with Gasteiger partial charge in [-0.2, -0.15) is 13.2 Å². The molecule has 2 aromatic rings. The van der Waals surface area contributed by atoms with Crippen LogP contribution in [-0.2, 0) is 11.2 Å². The average Bonchev–Trinajstić information content (AvgIpc) is 3.27. The number of aromatic hydroxyl groups is 1. The first kappa shape index (κ1) is 28.9. The number of aryl methyl sites for hydroxylation is 1. The van der Waals surface area contributed by atoms with Crippen molar-refractivity contribution in [3.8, 4) is 5.75 Å². The lowest BCUT2D eigenvalue weighted by atomic mass is 9.97. The minimum absolute atomic E-state index is 0.114. The normalized spacial score (nSPS) is 13.7. The number of thiophene rings is 1. The van der Waals surface area contributed by atoms with Crippen molar-refractivity contribution in [3.05, 3.63) is 68.0 Å². The summed E-state index contributed by atoms with van der Waals surface area (Å²) in [6.07, 6.45) is 1.49. The Bertz CT molecular complexity index is 1170. The van der Waals surface area contributed by atoms with Gasteiger partial charge in [0.15, 0.2) is 5.78 Å². The van der Waals surface area contributed by atoms with Gasteiger partial charge in [0.25, 0.3) is 0 Å². The molecule has 2 aromatic heterocycles. The molecule has 196 valence electrons. The number of allylic oxidation sites excluding steroid dienone is 2. The lowest BCUT2D eigenvalue weighted by Gasteiger charge is -2.12. The van der Waals surface area contributed by atoms with E-state index in [1.54, 1.807) is 38.1 Å².